The average Bonchev–Trinajstić information content (AvgIpc) is 3.55. The van der Waals surface area contributed by atoms with Crippen molar-refractivity contribution in [3.63, 3.8) is 0 Å². The van der Waals surface area contributed by atoms with Crippen LogP contribution in [0, 0.1) is 10.1 Å². The molecule has 2 aromatic heterocycles. The zero-order valence-electron chi connectivity index (χ0n) is 16.9. The van der Waals surface area contributed by atoms with Crippen LogP contribution in [0.5, 0.6) is 0 Å². The zero-order valence-corrected chi connectivity index (χ0v) is 16.9. The van der Waals surface area contributed by atoms with Crippen molar-refractivity contribution in [1.82, 2.24) is 0 Å². The fourth-order valence-electron chi connectivity index (χ4n) is 3.61. The van der Waals surface area contributed by atoms with E-state index in [4.69, 9.17) is 8.83 Å². The summed E-state index contributed by atoms with van der Waals surface area (Å²) in [5.41, 5.74) is 4.63. The van der Waals surface area contributed by atoms with Crippen LogP contribution in [0.4, 0.5) is 22.7 Å². The first kappa shape index (κ1) is 19.4. The van der Waals surface area contributed by atoms with E-state index in [1.807, 2.05) is 77.7 Å². The van der Waals surface area contributed by atoms with Crippen molar-refractivity contribution in [2.75, 3.05) is 4.90 Å². The number of benzene rings is 3. The highest BCUT2D eigenvalue weighted by Crippen LogP contribution is 2.37. The topological polar surface area (TPSA) is 72.7 Å². The number of nitro groups is 1. The first-order chi connectivity index (χ1) is 15.7. The first-order valence-corrected chi connectivity index (χ1v) is 10.0. The second-order valence-electron chi connectivity index (χ2n) is 7.16. The van der Waals surface area contributed by atoms with E-state index in [-0.39, 0.29) is 5.69 Å². The lowest BCUT2D eigenvalue weighted by atomic mass is 10.1. The van der Waals surface area contributed by atoms with Crippen molar-refractivity contribution < 1.29 is 13.8 Å². The van der Waals surface area contributed by atoms with Crippen molar-refractivity contribution in [2.45, 2.75) is 0 Å². The van der Waals surface area contributed by atoms with E-state index in [2.05, 4.69) is 0 Å². The molecule has 0 unspecified atom stereocenters. The molecule has 0 saturated carbocycles. The molecule has 3 aromatic carbocycles. The van der Waals surface area contributed by atoms with Gasteiger partial charge >= 0.3 is 0 Å². The Labute approximate surface area is 184 Å². The smallest absolute Gasteiger partial charge is 0.269 e. The van der Waals surface area contributed by atoms with Crippen LogP contribution in [0.15, 0.2) is 118 Å². The second kappa shape index (κ2) is 8.28. The molecule has 0 N–H and O–H groups in total. The molecule has 0 aliphatic carbocycles. The molecule has 0 radical (unpaired) electrons. The van der Waals surface area contributed by atoms with Gasteiger partial charge in [0.2, 0.25) is 0 Å². The van der Waals surface area contributed by atoms with E-state index < -0.39 is 4.92 Å². The number of nitro benzene ring substituents is 1. The van der Waals surface area contributed by atoms with Crippen LogP contribution in [-0.2, 0) is 0 Å². The summed E-state index contributed by atoms with van der Waals surface area (Å²) in [7, 11) is 0. The van der Waals surface area contributed by atoms with Crippen molar-refractivity contribution in [3.05, 3.63) is 120 Å². The summed E-state index contributed by atoms with van der Waals surface area (Å²) in [6.45, 7) is 0. The molecule has 5 rings (SSSR count). The highest BCUT2D eigenvalue weighted by Gasteiger charge is 2.15. The first-order valence-electron chi connectivity index (χ1n) is 10.0. The molecule has 0 bridgehead atoms. The van der Waals surface area contributed by atoms with Gasteiger partial charge in [-0.25, -0.2) is 0 Å². The lowest BCUT2D eigenvalue weighted by molar-refractivity contribution is -0.384. The Morgan fingerprint density at radius 1 is 0.594 bits per heavy atom. The van der Waals surface area contributed by atoms with Crippen LogP contribution in [0.2, 0.25) is 0 Å². The predicted octanol–water partition coefficient (Wildman–Crippen LogP) is 7.58. The predicted molar refractivity (Wildman–Crippen MR) is 123 cm³/mol. The molecule has 0 spiro atoms. The summed E-state index contributed by atoms with van der Waals surface area (Å²) in [5.74, 6) is 1.59. The van der Waals surface area contributed by atoms with Gasteiger partial charge in [0.1, 0.15) is 11.5 Å². The summed E-state index contributed by atoms with van der Waals surface area (Å²) in [6.07, 6.45) is 3.29. The van der Waals surface area contributed by atoms with E-state index in [0.717, 1.165) is 39.7 Å². The van der Waals surface area contributed by atoms with Gasteiger partial charge in [-0.2, -0.15) is 0 Å². The third-order valence-corrected chi connectivity index (χ3v) is 5.18. The maximum absolute atomic E-state index is 11.1. The molecule has 0 aliphatic heterocycles. The normalized spacial score (nSPS) is 10.8. The summed E-state index contributed by atoms with van der Waals surface area (Å²) < 4.78 is 11.0. The largest absolute Gasteiger partial charge is 0.464 e. The van der Waals surface area contributed by atoms with Gasteiger partial charge in [0.25, 0.3) is 5.69 Å². The van der Waals surface area contributed by atoms with Crippen LogP contribution >= 0.6 is 0 Å². The van der Waals surface area contributed by atoms with Crippen LogP contribution in [0.3, 0.4) is 0 Å². The van der Waals surface area contributed by atoms with Gasteiger partial charge in [-0.05, 0) is 84.9 Å². The van der Waals surface area contributed by atoms with E-state index in [1.165, 1.54) is 12.1 Å². The van der Waals surface area contributed by atoms with E-state index in [0.29, 0.717) is 0 Å². The van der Waals surface area contributed by atoms with E-state index in [9.17, 15) is 10.1 Å². The summed E-state index contributed by atoms with van der Waals surface area (Å²) in [5, 5.41) is 11.1. The number of anilines is 3. The minimum absolute atomic E-state index is 0.0510. The Morgan fingerprint density at radius 3 is 1.34 bits per heavy atom. The average molecular weight is 422 g/mol. The summed E-state index contributed by atoms with van der Waals surface area (Å²) in [6, 6.07) is 30.0. The Morgan fingerprint density at radius 2 is 1.00 bits per heavy atom. The number of furan rings is 2. The number of hydrogen-bond acceptors (Lipinski definition) is 5. The highest BCUT2D eigenvalue weighted by molar-refractivity contribution is 5.79. The maximum atomic E-state index is 11.1. The van der Waals surface area contributed by atoms with Gasteiger partial charge in [0.15, 0.2) is 0 Å². The Balaban J connectivity index is 1.55. The van der Waals surface area contributed by atoms with Gasteiger partial charge in [-0.15, -0.1) is 0 Å². The fraction of sp³-hybridized carbons (Fsp3) is 0. The molecular formula is C26H18N2O4. The van der Waals surface area contributed by atoms with Crippen molar-refractivity contribution in [1.29, 1.82) is 0 Å². The quantitative estimate of drug-likeness (QED) is 0.208. The maximum Gasteiger partial charge on any atom is 0.269 e. The summed E-state index contributed by atoms with van der Waals surface area (Å²) >= 11 is 0. The van der Waals surface area contributed by atoms with E-state index >= 15 is 0 Å². The number of nitrogens with zero attached hydrogens (tertiary/aromatic N) is 2. The molecule has 2 heterocycles. The molecule has 0 fully saturated rings. The minimum Gasteiger partial charge on any atom is -0.464 e. The highest BCUT2D eigenvalue weighted by atomic mass is 16.6. The molecule has 6 heteroatoms. The zero-order chi connectivity index (χ0) is 21.9. The minimum atomic E-state index is -0.398. The van der Waals surface area contributed by atoms with Crippen molar-refractivity contribution >= 4 is 22.7 Å². The molecule has 5 aromatic rings. The molecule has 6 nitrogen and oxygen atoms in total. The Bertz CT molecular complexity index is 1230. The molecule has 156 valence electrons. The lowest BCUT2D eigenvalue weighted by Crippen LogP contribution is -2.09. The third kappa shape index (κ3) is 3.77. The Hall–Kier alpha value is -4.58. The molecule has 0 atom stereocenters. The van der Waals surface area contributed by atoms with Crippen LogP contribution in [-0.4, -0.2) is 4.92 Å². The molecule has 32 heavy (non-hydrogen) atoms. The monoisotopic (exact) mass is 422 g/mol. The summed E-state index contributed by atoms with van der Waals surface area (Å²) in [4.78, 5) is 12.7. The SMILES string of the molecule is O=[N+]([O-])c1ccc(N(c2ccc(-c3ccco3)cc2)c2ccc(-c3ccco3)cc2)cc1. The molecule has 0 saturated heterocycles. The van der Waals surface area contributed by atoms with Crippen LogP contribution in [0.1, 0.15) is 0 Å². The molecule has 0 aliphatic rings. The standard InChI is InChI=1S/C26H18N2O4/c29-28(30)24-15-13-23(14-16-24)27(21-9-5-19(6-10-21)25-3-1-17-31-25)22-11-7-20(8-12-22)26-4-2-18-32-26/h1-18H. The van der Waals surface area contributed by atoms with Gasteiger partial charge in [0, 0.05) is 40.3 Å². The second-order valence-corrected chi connectivity index (χ2v) is 7.16. The van der Waals surface area contributed by atoms with E-state index in [1.54, 1.807) is 24.7 Å². The van der Waals surface area contributed by atoms with Gasteiger partial charge in [0.05, 0.1) is 17.4 Å². The number of rotatable bonds is 6. The molecule has 0 amide bonds. The van der Waals surface area contributed by atoms with Gasteiger partial charge in [-0.1, -0.05) is 0 Å². The molecular weight excluding hydrogens is 404 g/mol. The fourth-order valence-corrected chi connectivity index (χ4v) is 3.61. The van der Waals surface area contributed by atoms with Crippen molar-refractivity contribution in [3.8, 4) is 22.6 Å². The lowest BCUT2D eigenvalue weighted by Gasteiger charge is -2.25. The Kier molecular flexibility index (Phi) is 5.01. The third-order valence-electron chi connectivity index (χ3n) is 5.18. The van der Waals surface area contributed by atoms with Crippen LogP contribution < -0.4 is 4.90 Å². The van der Waals surface area contributed by atoms with Gasteiger partial charge in [-0.3, -0.25) is 10.1 Å². The number of non-ortho nitro benzene ring substituents is 1. The number of hydrogen-bond donors (Lipinski definition) is 0. The van der Waals surface area contributed by atoms with Crippen LogP contribution in [0.25, 0.3) is 22.6 Å². The van der Waals surface area contributed by atoms with Crippen molar-refractivity contribution in [2.24, 2.45) is 0 Å². The van der Waals surface area contributed by atoms with Gasteiger partial charge < -0.3 is 13.7 Å².